The van der Waals surface area contributed by atoms with Gasteiger partial charge in [-0.15, -0.1) is 19.6 Å². The number of hydrogen-bond acceptors (Lipinski definition) is 3. The molecule has 1 aromatic carbocycles. The van der Waals surface area contributed by atoms with Crippen molar-refractivity contribution < 1.29 is 22.6 Å². The molecule has 0 amide bonds. The van der Waals surface area contributed by atoms with Crippen molar-refractivity contribution in [1.82, 2.24) is 4.90 Å². The van der Waals surface area contributed by atoms with Crippen LogP contribution in [0.3, 0.4) is 0 Å². The third kappa shape index (κ3) is 6.45. The van der Waals surface area contributed by atoms with E-state index in [2.05, 4.69) is 10.7 Å². The molecule has 0 aromatic heterocycles. The van der Waals surface area contributed by atoms with E-state index in [-0.39, 0.29) is 5.75 Å². The normalized spacial score (nSPS) is 11.4. The summed E-state index contributed by atoms with van der Waals surface area (Å²) in [5, 5.41) is 0. The van der Waals surface area contributed by atoms with Crippen LogP contribution in [0.1, 0.15) is 5.56 Å². The minimum absolute atomic E-state index is 0.235. The highest BCUT2D eigenvalue weighted by molar-refractivity contribution is 5.27. The fraction of sp³-hybridized carbons (Fsp3) is 0.429. The highest BCUT2D eigenvalue weighted by Crippen LogP contribution is 2.23. The minimum atomic E-state index is -4.67. The highest BCUT2D eigenvalue weighted by Gasteiger charge is 2.30. The molecule has 0 saturated heterocycles. The average Bonchev–Trinajstić information content (AvgIpc) is 2.37. The summed E-state index contributed by atoms with van der Waals surface area (Å²) in [5.74, 6) is 2.30. The number of terminal acetylenes is 1. The summed E-state index contributed by atoms with van der Waals surface area (Å²) in [4.78, 5) is 1.96. The van der Waals surface area contributed by atoms with E-state index < -0.39 is 6.36 Å². The second-order valence-corrected chi connectivity index (χ2v) is 4.10. The molecule has 0 N–H and O–H groups in total. The van der Waals surface area contributed by atoms with Gasteiger partial charge in [0.2, 0.25) is 0 Å². The third-order valence-corrected chi connectivity index (χ3v) is 2.49. The first-order valence-electron chi connectivity index (χ1n) is 5.94. The largest absolute Gasteiger partial charge is 0.573 e. The van der Waals surface area contributed by atoms with Gasteiger partial charge in [0.25, 0.3) is 0 Å². The van der Waals surface area contributed by atoms with Gasteiger partial charge in [0.15, 0.2) is 0 Å². The van der Waals surface area contributed by atoms with E-state index in [0.717, 1.165) is 5.56 Å². The molecule has 3 nitrogen and oxygen atoms in total. The average molecular weight is 287 g/mol. The summed E-state index contributed by atoms with van der Waals surface area (Å²) in [6.45, 7) is 2.18. The molecule has 0 atom stereocenters. The summed E-state index contributed by atoms with van der Waals surface area (Å²) in [6, 6.07) is 5.73. The standard InChI is InChI=1S/C14H16F3NO2/c1-3-8-18(9-10-19-2)11-12-4-6-13(7-5-12)20-14(15,16)17/h1,4-7H,8-11H2,2H3. The Hall–Kier alpha value is -1.71. The molecule has 0 spiro atoms. The van der Waals surface area contributed by atoms with Gasteiger partial charge in [-0.1, -0.05) is 18.1 Å². The number of methoxy groups -OCH3 is 1. The molecule has 110 valence electrons. The van der Waals surface area contributed by atoms with Gasteiger partial charge in [0, 0.05) is 20.2 Å². The predicted octanol–water partition coefficient (Wildman–Crippen LogP) is 2.67. The Bertz CT molecular complexity index is 437. The molecule has 1 rings (SSSR count). The lowest BCUT2D eigenvalue weighted by Crippen LogP contribution is -2.27. The van der Waals surface area contributed by atoms with Crippen LogP contribution in [0.4, 0.5) is 13.2 Å². The molecule has 0 heterocycles. The third-order valence-electron chi connectivity index (χ3n) is 2.49. The van der Waals surface area contributed by atoms with E-state index in [1.165, 1.54) is 12.1 Å². The number of rotatable bonds is 7. The van der Waals surface area contributed by atoms with E-state index in [1.54, 1.807) is 19.2 Å². The van der Waals surface area contributed by atoms with Crippen LogP contribution in [0.15, 0.2) is 24.3 Å². The van der Waals surface area contributed by atoms with Crippen molar-refractivity contribution in [3.63, 3.8) is 0 Å². The number of benzene rings is 1. The first-order chi connectivity index (χ1) is 9.44. The van der Waals surface area contributed by atoms with E-state index in [9.17, 15) is 13.2 Å². The smallest absolute Gasteiger partial charge is 0.406 e. The predicted molar refractivity (Wildman–Crippen MR) is 69.1 cm³/mol. The summed E-state index contributed by atoms with van der Waals surface area (Å²) in [7, 11) is 1.59. The van der Waals surface area contributed by atoms with Gasteiger partial charge in [0.05, 0.1) is 13.2 Å². The molecule has 0 unspecified atom stereocenters. The quantitative estimate of drug-likeness (QED) is 0.720. The Morgan fingerprint density at radius 3 is 2.40 bits per heavy atom. The molecule has 20 heavy (non-hydrogen) atoms. The van der Waals surface area contributed by atoms with E-state index in [4.69, 9.17) is 11.2 Å². The fourth-order valence-electron chi connectivity index (χ4n) is 1.62. The van der Waals surface area contributed by atoms with Crippen molar-refractivity contribution in [2.45, 2.75) is 12.9 Å². The molecule has 0 fully saturated rings. The van der Waals surface area contributed by atoms with Crippen LogP contribution in [0, 0.1) is 12.3 Å². The Morgan fingerprint density at radius 1 is 1.25 bits per heavy atom. The number of alkyl halides is 3. The number of hydrogen-bond donors (Lipinski definition) is 0. The zero-order valence-electron chi connectivity index (χ0n) is 11.1. The fourth-order valence-corrected chi connectivity index (χ4v) is 1.62. The zero-order valence-corrected chi connectivity index (χ0v) is 11.1. The monoisotopic (exact) mass is 287 g/mol. The molecular weight excluding hydrogens is 271 g/mol. The van der Waals surface area contributed by atoms with Crippen LogP contribution in [0.5, 0.6) is 5.75 Å². The molecule has 0 aliphatic heterocycles. The van der Waals surface area contributed by atoms with Gasteiger partial charge in [-0.25, -0.2) is 0 Å². The van der Waals surface area contributed by atoms with Gasteiger partial charge in [-0.3, -0.25) is 4.90 Å². The first-order valence-corrected chi connectivity index (χ1v) is 5.94. The molecule has 0 bridgehead atoms. The second kappa shape index (κ2) is 7.78. The van der Waals surface area contributed by atoms with E-state index >= 15 is 0 Å². The van der Waals surface area contributed by atoms with Crippen LogP contribution < -0.4 is 4.74 Å². The number of ether oxygens (including phenoxy) is 2. The molecule has 0 saturated carbocycles. The summed E-state index contributed by atoms with van der Waals surface area (Å²) in [6.07, 6.45) is 0.600. The van der Waals surface area contributed by atoms with Crippen molar-refractivity contribution in [2.75, 3.05) is 26.8 Å². The number of nitrogens with zero attached hydrogens (tertiary/aromatic N) is 1. The van der Waals surface area contributed by atoms with Gasteiger partial charge in [-0.2, -0.15) is 0 Å². The molecule has 6 heteroatoms. The van der Waals surface area contributed by atoms with Crippen molar-refractivity contribution in [1.29, 1.82) is 0 Å². The van der Waals surface area contributed by atoms with Crippen LogP contribution in [0.2, 0.25) is 0 Å². The van der Waals surface area contributed by atoms with Crippen LogP contribution >= 0.6 is 0 Å². The summed E-state index contributed by atoms with van der Waals surface area (Å²) in [5.41, 5.74) is 0.853. The van der Waals surface area contributed by atoms with Gasteiger partial charge < -0.3 is 9.47 Å². The SMILES string of the molecule is C#CCN(CCOC)Cc1ccc(OC(F)(F)F)cc1. The van der Waals surface area contributed by atoms with Crippen molar-refractivity contribution in [3.8, 4) is 18.1 Å². The highest BCUT2D eigenvalue weighted by atomic mass is 19.4. The Kier molecular flexibility index (Phi) is 6.36. The summed E-state index contributed by atoms with van der Waals surface area (Å²) >= 11 is 0. The van der Waals surface area contributed by atoms with Crippen LogP contribution in [-0.4, -0.2) is 38.1 Å². The lowest BCUT2D eigenvalue weighted by molar-refractivity contribution is -0.274. The maximum absolute atomic E-state index is 12.0. The lowest BCUT2D eigenvalue weighted by atomic mass is 10.2. The lowest BCUT2D eigenvalue weighted by Gasteiger charge is -2.19. The van der Waals surface area contributed by atoms with Crippen LogP contribution in [-0.2, 0) is 11.3 Å². The second-order valence-electron chi connectivity index (χ2n) is 4.10. The van der Waals surface area contributed by atoms with E-state index in [0.29, 0.717) is 26.2 Å². The Balaban J connectivity index is 2.60. The molecule has 1 aromatic rings. The van der Waals surface area contributed by atoms with Gasteiger partial charge >= 0.3 is 6.36 Å². The van der Waals surface area contributed by atoms with Gasteiger partial charge in [-0.05, 0) is 17.7 Å². The first kappa shape index (κ1) is 16.3. The summed E-state index contributed by atoms with van der Waals surface area (Å²) < 4.78 is 44.9. The van der Waals surface area contributed by atoms with E-state index in [1.807, 2.05) is 4.90 Å². The molecule has 0 aliphatic rings. The maximum Gasteiger partial charge on any atom is 0.573 e. The van der Waals surface area contributed by atoms with Crippen molar-refractivity contribution >= 4 is 0 Å². The molecular formula is C14H16F3NO2. The zero-order chi connectivity index (χ0) is 15.0. The Labute approximate surface area is 116 Å². The minimum Gasteiger partial charge on any atom is -0.406 e. The number of halogens is 3. The maximum atomic E-state index is 12.0. The van der Waals surface area contributed by atoms with Crippen LogP contribution in [0.25, 0.3) is 0 Å². The molecule has 0 aliphatic carbocycles. The van der Waals surface area contributed by atoms with Crippen molar-refractivity contribution in [2.24, 2.45) is 0 Å². The Morgan fingerprint density at radius 2 is 1.90 bits per heavy atom. The molecule has 0 radical (unpaired) electrons. The van der Waals surface area contributed by atoms with Crippen molar-refractivity contribution in [3.05, 3.63) is 29.8 Å². The topological polar surface area (TPSA) is 21.7 Å². The van der Waals surface area contributed by atoms with Gasteiger partial charge in [0.1, 0.15) is 5.75 Å².